The first-order valence-electron chi connectivity index (χ1n) is 10.0. The zero-order valence-corrected chi connectivity index (χ0v) is 19.9. The van der Waals surface area contributed by atoms with E-state index in [1.807, 2.05) is 24.3 Å². The molecule has 0 radical (unpaired) electrons. The molecule has 1 aliphatic rings. The maximum atomic E-state index is 13.7. The Morgan fingerprint density at radius 3 is 2.16 bits per heavy atom. The van der Waals surface area contributed by atoms with Gasteiger partial charge in [-0.25, -0.2) is 18.0 Å². The number of thiophene rings is 1. The van der Waals surface area contributed by atoms with Crippen LogP contribution in [-0.2, 0) is 26.0 Å². The van der Waals surface area contributed by atoms with Gasteiger partial charge in [0.15, 0.2) is 4.21 Å². The Hall–Kier alpha value is -2.23. The van der Waals surface area contributed by atoms with Crippen molar-refractivity contribution in [3.8, 4) is 0 Å². The number of ether oxygens (including phenoxy) is 2. The smallest absolute Gasteiger partial charge is 0.348 e. The minimum atomic E-state index is -4.05. The molecule has 0 bridgehead atoms. The molecular weight excluding hydrogens is 438 g/mol. The van der Waals surface area contributed by atoms with Crippen LogP contribution in [0, 0.1) is 6.92 Å². The third-order valence-corrected chi connectivity index (χ3v) is 9.02. The number of hydrogen-bond donors (Lipinski definition) is 0. The van der Waals surface area contributed by atoms with Gasteiger partial charge in [-0.1, -0.05) is 38.1 Å². The van der Waals surface area contributed by atoms with E-state index in [9.17, 15) is 18.0 Å². The summed E-state index contributed by atoms with van der Waals surface area (Å²) in [6, 6.07) is 7.73. The zero-order valence-electron chi connectivity index (χ0n) is 18.3. The van der Waals surface area contributed by atoms with Gasteiger partial charge in [0.05, 0.1) is 19.8 Å². The maximum Gasteiger partial charge on any atom is 0.348 e. The molecule has 3 rings (SSSR count). The van der Waals surface area contributed by atoms with Crippen LogP contribution in [-0.4, -0.2) is 44.9 Å². The molecule has 0 atom stereocenters. The summed E-state index contributed by atoms with van der Waals surface area (Å²) >= 11 is 0.755. The van der Waals surface area contributed by atoms with Gasteiger partial charge in [0, 0.05) is 12.6 Å². The fourth-order valence-corrected chi connectivity index (χ4v) is 6.90. The second-order valence-electron chi connectivity index (χ2n) is 7.88. The van der Waals surface area contributed by atoms with Crippen molar-refractivity contribution < 1.29 is 27.5 Å². The summed E-state index contributed by atoms with van der Waals surface area (Å²) in [6.45, 7) is 5.92. The zero-order chi connectivity index (χ0) is 22.9. The molecule has 2 aromatic rings. The Bertz CT molecular complexity index is 1080. The SMILES string of the molecule is COC(=O)c1sc(S(=O)(=O)N(Cc2ccc(C(C)C)cc2)C2CC2)c(C(=O)OC)c1C. The molecule has 1 fully saturated rings. The molecule has 1 heterocycles. The molecule has 31 heavy (non-hydrogen) atoms. The van der Waals surface area contributed by atoms with Crippen molar-refractivity contribution in [2.45, 2.75) is 56.3 Å². The van der Waals surface area contributed by atoms with Gasteiger partial charge in [-0.2, -0.15) is 4.31 Å². The average Bonchev–Trinajstić information content (AvgIpc) is 3.52. The molecule has 0 saturated heterocycles. The molecule has 1 saturated carbocycles. The van der Waals surface area contributed by atoms with Crippen LogP contribution in [0.5, 0.6) is 0 Å². The van der Waals surface area contributed by atoms with Crippen LogP contribution in [0.3, 0.4) is 0 Å². The van der Waals surface area contributed by atoms with Crippen LogP contribution in [0.15, 0.2) is 28.5 Å². The highest BCUT2D eigenvalue weighted by Crippen LogP contribution is 2.39. The van der Waals surface area contributed by atoms with Crippen molar-refractivity contribution in [3.05, 3.63) is 51.4 Å². The highest BCUT2D eigenvalue weighted by atomic mass is 32.2. The average molecular weight is 466 g/mol. The van der Waals surface area contributed by atoms with Crippen molar-refractivity contribution in [3.63, 3.8) is 0 Å². The van der Waals surface area contributed by atoms with Gasteiger partial charge in [0.2, 0.25) is 0 Å². The molecule has 168 valence electrons. The molecule has 1 aliphatic carbocycles. The van der Waals surface area contributed by atoms with E-state index in [1.165, 1.54) is 31.0 Å². The first-order valence-corrected chi connectivity index (χ1v) is 12.3. The van der Waals surface area contributed by atoms with E-state index in [2.05, 4.69) is 13.8 Å². The Kier molecular flexibility index (Phi) is 6.88. The lowest BCUT2D eigenvalue weighted by atomic mass is 10.0. The highest BCUT2D eigenvalue weighted by Gasteiger charge is 2.42. The summed E-state index contributed by atoms with van der Waals surface area (Å²) < 4.78 is 38.2. The van der Waals surface area contributed by atoms with Crippen LogP contribution in [0.2, 0.25) is 0 Å². The minimum Gasteiger partial charge on any atom is -0.465 e. The lowest BCUT2D eigenvalue weighted by Crippen LogP contribution is -2.33. The number of carbonyl (C=O) groups excluding carboxylic acids is 2. The molecule has 0 N–H and O–H groups in total. The fourth-order valence-electron chi connectivity index (χ4n) is 3.36. The molecule has 0 amide bonds. The lowest BCUT2D eigenvalue weighted by Gasteiger charge is -2.22. The van der Waals surface area contributed by atoms with Crippen molar-refractivity contribution >= 4 is 33.3 Å². The van der Waals surface area contributed by atoms with Gasteiger partial charge in [-0.05, 0) is 42.4 Å². The molecule has 0 unspecified atom stereocenters. The lowest BCUT2D eigenvalue weighted by molar-refractivity contribution is 0.0596. The fraction of sp³-hybridized carbons (Fsp3) is 0.455. The van der Waals surface area contributed by atoms with Crippen molar-refractivity contribution in [1.82, 2.24) is 4.31 Å². The van der Waals surface area contributed by atoms with Gasteiger partial charge < -0.3 is 9.47 Å². The summed E-state index contributed by atoms with van der Waals surface area (Å²) in [4.78, 5) is 24.7. The number of hydrogen-bond acceptors (Lipinski definition) is 7. The van der Waals surface area contributed by atoms with Gasteiger partial charge >= 0.3 is 11.9 Å². The molecule has 9 heteroatoms. The van der Waals surface area contributed by atoms with Crippen molar-refractivity contribution in [1.29, 1.82) is 0 Å². The Morgan fingerprint density at radius 1 is 1.10 bits per heavy atom. The second-order valence-corrected chi connectivity index (χ2v) is 11.0. The number of sulfonamides is 1. The molecule has 0 aliphatic heterocycles. The highest BCUT2D eigenvalue weighted by molar-refractivity contribution is 7.91. The number of benzene rings is 1. The van der Waals surface area contributed by atoms with Gasteiger partial charge in [-0.15, -0.1) is 11.3 Å². The van der Waals surface area contributed by atoms with Gasteiger partial charge in [0.25, 0.3) is 10.0 Å². The molecular formula is C22H27NO6S2. The standard InChI is InChI=1S/C22H27NO6S2/c1-13(2)16-8-6-15(7-9-16)12-23(17-10-11-17)31(26,27)22-18(20(24)28-4)14(3)19(30-22)21(25)29-5/h6-9,13,17H,10-12H2,1-5H3. The van der Waals surface area contributed by atoms with Crippen molar-refractivity contribution in [2.24, 2.45) is 0 Å². The molecule has 0 spiro atoms. The predicted octanol–water partition coefficient (Wildman–Crippen LogP) is 4.11. The van der Waals surface area contributed by atoms with Crippen LogP contribution < -0.4 is 0 Å². The van der Waals surface area contributed by atoms with Crippen LogP contribution >= 0.6 is 11.3 Å². The number of esters is 2. The van der Waals surface area contributed by atoms with E-state index < -0.39 is 22.0 Å². The van der Waals surface area contributed by atoms with E-state index in [-0.39, 0.29) is 32.8 Å². The van der Waals surface area contributed by atoms with Gasteiger partial charge in [0.1, 0.15) is 4.88 Å². The first-order chi connectivity index (χ1) is 14.6. The Morgan fingerprint density at radius 2 is 1.68 bits per heavy atom. The van der Waals surface area contributed by atoms with E-state index in [1.54, 1.807) is 0 Å². The monoisotopic (exact) mass is 465 g/mol. The number of carbonyl (C=O) groups is 2. The topological polar surface area (TPSA) is 90.0 Å². The number of nitrogens with zero attached hydrogens (tertiary/aromatic N) is 1. The number of methoxy groups -OCH3 is 2. The second kappa shape index (κ2) is 9.10. The third-order valence-electron chi connectivity index (χ3n) is 5.36. The van der Waals surface area contributed by atoms with E-state index in [0.29, 0.717) is 5.92 Å². The predicted molar refractivity (Wildman–Crippen MR) is 118 cm³/mol. The third kappa shape index (κ3) is 4.68. The van der Waals surface area contributed by atoms with Crippen LogP contribution in [0.1, 0.15) is 69.3 Å². The van der Waals surface area contributed by atoms with Crippen molar-refractivity contribution in [2.75, 3.05) is 14.2 Å². The van der Waals surface area contributed by atoms with E-state index in [4.69, 9.17) is 9.47 Å². The Balaban J connectivity index is 2.05. The normalized spacial score (nSPS) is 14.2. The quantitative estimate of drug-likeness (QED) is 0.545. The molecule has 7 nitrogen and oxygen atoms in total. The number of rotatable bonds is 8. The van der Waals surface area contributed by atoms with Gasteiger partial charge in [-0.3, -0.25) is 0 Å². The maximum absolute atomic E-state index is 13.7. The largest absolute Gasteiger partial charge is 0.465 e. The Labute approximate surface area is 187 Å². The molecule has 1 aromatic carbocycles. The summed E-state index contributed by atoms with van der Waals surface area (Å²) in [5.74, 6) is -1.10. The van der Waals surface area contributed by atoms with E-state index >= 15 is 0 Å². The summed E-state index contributed by atoms with van der Waals surface area (Å²) in [5, 5.41) is 0. The van der Waals surface area contributed by atoms with Crippen LogP contribution in [0.4, 0.5) is 0 Å². The van der Waals surface area contributed by atoms with Crippen LogP contribution in [0.25, 0.3) is 0 Å². The van der Waals surface area contributed by atoms with E-state index in [0.717, 1.165) is 29.7 Å². The first kappa shape index (κ1) is 23.4. The minimum absolute atomic E-state index is 0.0820. The summed E-state index contributed by atoms with van der Waals surface area (Å²) in [6.07, 6.45) is 1.51. The molecule has 1 aromatic heterocycles. The summed E-state index contributed by atoms with van der Waals surface area (Å²) in [5.41, 5.74) is 2.18. The summed E-state index contributed by atoms with van der Waals surface area (Å²) in [7, 11) is -1.65.